The number of cyclic esters (lactones) is 1. The van der Waals surface area contributed by atoms with Crippen molar-refractivity contribution in [2.45, 2.75) is 217 Å². The number of nitrogens with one attached hydrogen (secondary N) is 1. The van der Waals surface area contributed by atoms with Crippen molar-refractivity contribution in [1.29, 1.82) is 0 Å². The van der Waals surface area contributed by atoms with E-state index >= 15 is 0 Å². The van der Waals surface area contributed by atoms with Gasteiger partial charge in [0.2, 0.25) is 0 Å². The highest BCUT2D eigenvalue weighted by atomic mass is 16.7. The van der Waals surface area contributed by atoms with Crippen LogP contribution < -0.4 is 16.8 Å². The molecule has 3 heterocycles. The summed E-state index contributed by atoms with van der Waals surface area (Å²) in [6.07, 6.45) is -6.25. The van der Waals surface area contributed by atoms with Crippen LogP contribution in [0.25, 0.3) is 0 Å². The predicted octanol–water partition coefficient (Wildman–Crippen LogP) is 1.00. The molecule has 408 valence electrons. The van der Waals surface area contributed by atoms with Crippen LogP contribution in [-0.4, -0.2) is 228 Å². The van der Waals surface area contributed by atoms with E-state index in [1.54, 1.807) is 41.5 Å². The second-order valence-corrected chi connectivity index (χ2v) is 21.8. The molecule has 3 aliphatic rings. The molecule has 3 aliphatic heterocycles. The number of aliphatic hydroxyl groups excluding tert-OH is 4. The molecule has 3 saturated heterocycles. The third-order valence-electron chi connectivity index (χ3n) is 15.4. The molecule has 0 aromatic carbocycles. The number of hydrogen-bond donors (Lipinski definition) is 9. The van der Waals surface area contributed by atoms with Crippen molar-refractivity contribution in [2.75, 3.05) is 80.1 Å². The molecule has 0 aromatic rings. The van der Waals surface area contributed by atoms with E-state index in [4.69, 9.17) is 39.9 Å². The second kappa shape index (κ2) is 28.5. The van der Waals surface area contributed by atoms with Crippen LogP contribution >= 0.6 is 0 Å². The maximum atomic E-state index is 14.5. The van der Waals surface area contributed by atoms with Crippen LogP contribution in [0.1, 0.15) is 121 Å². The molecule has 2 unspecified atom stereocenters. The number of esters is 1. The quantitative estimate of drug-likeness (QED) is 0.0541. The van der Waals surface area contributed by atoms with Gasteiger partial charge in [0, 0.05) is 51.2 Å². The molecule has 69 heavy (non-hydrogen) atoms. The lowest BCUT2D eigenvalue weighted by molar-refractivity contribution is -0.318. The van der Waals surface area contributed by atoms with Gasteiger partial charge in [0.25, 0.3) is 0 Å². The summed E-state index contributed by atoms with van der Waals surface area (Å²) in [7, 11) is 5.21. The van der Waals surface area contributed by atoms with Gasteiger partial charge in [0.15, 0.2) is 12.6 Å². The highest BCUT2D eigenvalue weighted by Gasteiger charge is 2.53. The summed E-state index contributed by atoms with van der Waals surface area (Å²) in [5, 5.41) is 74.6. The molecule has 0 aromatic heterocycles. The molecule has 19 heteroatoms. The van der Waals surface area contributed by atoms with E-state index in [-0.39, 0.29) is 37.8 Å². The number of hydrogen-bond acceptors (Lipinski definition) is 19. The smallest absolute Gasteiger partial charge is 0.311 e. The molecule has 0 bridgehead atoms. The predicted molar refractivity (Wildman–Crippen MR) is 265 cm³/mol. The lowest BCUT2D eigenvalue weighted by Crippen LogP contribution is -2.61. The average molecular weight is 993 g/mol. The minimum Gasteiger partial charge on any atom is -0.459 e. The Labute approximate surface area is 415 Å². The molecule has 0 radical (unpaired) electrons. The summed E-state index contributed by atoms with van der Waals surface area (Å²) >= 11 is 0. The van der Waals surface area contributed by atoms with E-state index in [1.165, 1.54) is 14.0 Å². The van der Waals surface area contributed by atoms with Crippen molar-refractivity contribution < 1.29 is 63.9 Å². The summed E-state index contributed by atoms with van der Waals surface area (Å²) in [5.74, 6) is -2.80. The summed E-state index contributed by atoms with van der Waals surface area (Å²) < 4.78 is 38.3. The zero-order chi connectivity index (χ0) is 52.0. The number of aliphatic hydroxyl groups is 6. The third-order valence-corrected chi connectivity index (χ3v) is 15.4. The Balaban J connectivity index is 2.01. The Morgan fingerprint density at radius 3 is 2.16 bits per heavy atom. The fourth-order valence-corrected chi connectivity index (χ4v) is 11.0. The van der Waals surface area contributed by atoms with Gasteiger partial charge in [-0.25, -0.2) is 0 Å². The van der Waals surface area contributed by atoms with Gasteiger partial charge in [0.05, 0.1) is 47.6 Å². The summed E-state index contributed by atoms with van der Waals surface area (Å²) in [4.78, 5) is 20.6. The van der Waals surface area contributed by atoms with Crippen molar-refractivity contribution in [1.82, 2.24) is 20.0 Å². The van der Waals surface area contributed by atoms with E-state index in [9.17, 15) is 35.4 Å². The number of rotatable bonds is 22. The number of likely N-dealkylation sites (N-methyl/N-ethyl adjacent to an activating group) is 2. The molecule has 0 aliphatic carbocycles. The number of nitrogens with zero attached hydrogens (tertiary/aromatic N) is 3. The number of carbonyl (C=O) groups excluding carboxylic acids is 1. The van der Waals surface area contributed by atoms with Gasteiger partial charge in [-0.15, -0.1) is 0 Å². The lowest BCUT2D eigenvalue weighted by atomic mass is 9.77. The number of nitrogens with two attached hydrogens (primary N) is 2. The normalized spacial score (nSPS) is 40.9. The van der Waals surface area contributed by atoms with E-state index in [2.05, 4.69) is 10.2 Å². The first-order chi connectivity index (χ1) is 32.3. The molecular formula is C50H100N6O13. The fraction of sp³-hybridized carbons (Fsp3) is 0.980. The lowest BCUT2D eigenvalue weighted by Gasteiger charge is -2.49. The van der Waals surface area contributed by atoms with E-state index in [0.29, 0.717) is 32.6 Å². The largest absolute Gasteiger partial charge is 0.459 e. The second-order valence-electron chi connectivity index (χ2n) is 21.8. The molecular weight excluding hydrogens is 893 g/mol. The van der Waals surface area contributed by atoms with Gasteiger partial charge in [-0.3, -0.25) is 9.69 Å². The molecule has 11 N–H and O–H groups in total. The molecule has 0 spiro atoms. The average Bonchev–Trinajstić information content (AvgIpc) is 3.28. The summed E-state index contributed by atoms with van der Waals surface area (Å²) in [5.41, 5.74) is 6.96. The minimum atomic E-state index is -1.84. The van der Waals surface area contributed by atoms with Crippen LogP contribution in [-0.2, 0) is 33.2 Å². The van der Waals surface area contributed by atoms with Crippen LogP contribution in [0.5, 0.6) is 0 Å². The minimum absolute atomic E-state index is 0.0986. The van der Waals surface area contributed by atoms with Crippen LogP contribution in [0.15, 0.2) is 0 Å². The first-order valence-corrected chi connectivity index (χ1v) is 26.1. The van der Waals surface area contributed by atoms with Crippen molar-refractivity contribution >= 4 is 5.97 Å². The van der Waals surface area contributed by atoms with E-state index in [1.807, 2.05) is 44.7 Å². The Morgan fingerprint density at radius 2 is 1.54 bits per heavy atom. The van der Waals surface area contributed by atoms with Crippen LogP contribution in [0, 0.1) is 17.8 Å². The Morgan fingerprint density at radius 1 is 0.899 bits per heavy atom. The summed E-state index contributed by atoms with van der Waals surface area (Å²) in [6, 6.07) is -1.07. The van der Waals surface area contributed by atoms with Gasteiger partial charge in [-0.1, -0.05) is 20.8 Å². The topological polar surface area (TPSA) is 268 Å². The number of methoxy groups -OCH3 is 1. The van der Waals surface area contributed by atoms with Gasteiger partial charge in [-0.2, -0.15) is 0 Å². The highest BCUT2D eigenvalue weighted by Crippen LogP contribution is 2.40. The van der Waals surface area contributed by atoms with Gasteiger partial charge < -0.3 is 85.6 Å². The van der Waals surface area contributed by atoms with Crippen LogP contribution in [0.4, 0.5) is 0 Å². The van der Waals surface area contributed by atoms with Crippen LogP contribution in [0.3, 0.4) is 0 Å². The van der Waals surface area contributed by atoms with Crippen molar-refractivity contribution in [3.8, 4) is 0 Å². The Kier molecular flexibility index (Phi) is 25.6. The number of carbonyl (C=O) groups is 1. The molecule has 19 atom stereocenters. The molecule has 3 rings (SSSR count). The number of unbranched alkanes of at least 4 members (excludes halogenated alkanes) is 1. The first kappa shape index (κ1) is 62.1. The maximum absolute atomic E-state index is 14.5. The highest BCUT2D eigenvalue weighted by molar-refractivity contribution is 5.73. The molecule has 0 saturated carbocycles. The maximum Gasteiger partial charge on any atom is 0.311 e. The molecule has 3 fully saturated rings. The van der Waals surface area contributed by atoms with Gasteiger partial charge in [-0.05, 0) is 153 Å². The van der Waals surface area contributed by atoms with Crippen molar-refractivity contribution in [3.05, 3.63) is 0 Å². The van der Waals surface area contributed by atoms with Crippen LogP contribution in [0.2, 0.25) is 0 Å². The zero-order valence-corrected chi connectivity index (χ0v) is 44.8. The Hall–Kier alpha value is -1.21. The molecule has 0 amide bonds. The SMILES string of the molecule is CC[C@H]1OC(=O)[C@H](C)[C@@H](O[C@H]2C[C@@](C)(OC)[C@@H](O)[C@H](C)O2)[C@H](C)[C@@H](O[C@@H]2O[C@H](C)CC(N(C)CC(O)CN(CCCN)CCCCNCCCN)[C@H]2O)[C@](C)(O)C[C@@H](C)CN(C)[C@H](C)[C@@H](O)[C@]1(C)O. The van der Waals surface area contributed by atoms with E-state index in [0.717, 1.165) is 51.9 Å². The van der Waals surface area contributed by atoms with Crippen molar-refractivity contribution in [2.24, 2.45) is 29.2 Å². The fourth-order valence-electron chi connectivity index (χ4n) is 11.0. The first-order valence-electron chi connectivity index (χ1n) is 26.1. The summed E-state index contributed by atoms with van der Waals surface area (Å²) in [6.45, 7) is 23.3. The number of ether oxygens (including phenoxy) is 6. The van der Waals surface area contributed by atoms with Gasteiger partial charge >= 0.3 is 5.97 Å². The monoisotopic (exact) mass is 993 g/mol. The van der Waals surface area contributed by atoms with Gasteiger partial charge in [0.1, 0.15) is 30.0 Å². The van der Waals surface area contributed by atoms with Crippen molar-refractivity contribution in [3.63, 3.8) is 0 Å². The zero-order valence-electron chi connectivity index (χ0n) is 44.8. The van der Waals surface area contributed by atoms with E-state index < -0.39 is 108 Å². The standard InChI is InChI=1S/C50H100N6O13/c1-14-39-50(10,63)43(59)35(6)54(11)28-31(2)26-48(8,62)45(33(4)42(34(5)46(61)67-39)68-40-27-49(9,64-13)44(60)36(7)66-40)69-47-41(58)38(25-32(3)65-47)55(12)29-37(57)30-56(24-18-20-52)23-16-15-21-53-22-17-19-51/h31-45,47,53,57-60,62-63H,14-30,51-52H2,1-13H3/t31-,32-,33+,34-,35-,36+,37?,38?,39-,40+,41-,42+,43-,44+,45-,47+,48-,49-,50-/m1/s1. The molecule has 19 nitrogen and oxygen atoms in total. The Bertz CT molecular complexity index is 1470. The third kappa shape index (κ3) is 17.4.